The second-order valence-electron chi connectivity index (χ2n) is 9.14. The molecule has 3 aromatic rings. The Balaban J connectivity index is 1.95. The Labute approximate surface area is 204 Å². The fraction of sp³-hybridized carbons (Fsp3) is 0.241. The number of benzene rings is 3. The van der Waals surface area contributed by atoms with E-state index < -0.39 is 23.5 Å². The van der Waals surface area contributed by atoms with Crippen molar-refractivity contribution < 1.29 is 23.8 Å². The maximum Gasteiger partial charge on any atom is 0.300 e. The number of ketones is 1. The summed E-state index contributed by atoms with van der Waals surface area (Å²) in [6.45, 7) is 9.29. The Bertz CT molecular complexity index is 1360. The van der Waals surface area contributed by atoms with Crippen LogP contribution in [0.3, 0.4) is 0 Å². The monoisotopic (exact) mass is 473 g/mol. The van der Waals surface area contributed by atoms with Crippen LogP contribution >= 0.6 is 0 Å². The summed E-state index contributed by atoms with van der Waals surface area (Å²) in [4.78, 5) is 28.1. The van der Waals surface area contributed by atoms with Crippen molar-refractivity contribution in [3.8, 4) is 5.75 Å². The topological polar surface area (TPSA) is 66.8 Å². The lowest BCUT2D eigenvalue weighted by atomic mass is 9.94. The van der Waals surface area contributed by atoms with Crippen molar-refractivity contribution in [2.45, 2.75) is 46.8 Å². The molecule has 35 heavy (non-hydrogen) atoms. The molecule has 0 spiro atoms. The SMILES string of the molecule is Cc1ccc(N2C(=O)C(=O)/C(=C(/O)c3ccc(F)c(C)c3)C2c2cccc(OC(C)C)c2)cc1C. The van der Waals surface area contributed by atoms with Gasteiger partial charge in [0.15, 0.2) is 0 Å². The van der Waals surface area contributed by atoms with E-state index in [4.69, 9.17) is 4.74 Å². The molecule has 180 valence electrons. The smallest absolute Gasteiger partial charge is 0.300 e. The number of ether oxygens (including phenoxy) is 1. The van der Waals surface area contributed by atoms with Crippen molar-refractivity contribution in [1.82, 2.24) is 0 Å². The minimum absolute atomic E-state index is 0.0547. The summed E-state index contributed by atoms with van der Waals surface area (Å²) in [6.07, 6.45) is -0.0708. The summed E-state index contributed by atoms with van der Waals surface area (Å²) in [6, 6.07) is 15.9. The molecule has 0 aliphatic carbocycles. The Morgan fingerprint density at radius 3 is 2.34 bits per heavy atom. The van der Waals surface area contributed by atoms with Gasteiger partial charge >= 0.3 is 0 Å². The molecular weight excluding hydrogens is 445 g/mol. The molecule has 0 aromatic heterocycles. The Kier molecular flexibility index (Phi) is 6.48. The van der Waals surface area contributed by atoms with E-state index in [1.807, 2.05) is 39.8 Å². The molecule has 1 unspecified atom stereocenters. The average Bonchev–Trinajstić information content (AvgIpc) is 3.07. The Morgan fingerprint density at radius 2 is 1.69 bits per heavy atom. The van der Waals surface area contributed by atoms with E-state index in [9.17, 15) is 19.1 Å². The van der Waals surface area contributed by atoms with Crippen LogP contribution in [0.1, 0.15) is 47.7 Å². The van der Waals surface area contributed by atoms with Crippen LogP contribution in [-0.4, -0.2) is 22.9 Å². The highest BCUT2D eigenvalue weighted by Crippen LogP contribution is 2.43. The molecule has 1 saturated heterocycles. The molecule has 1 atom stereocenters. The highest BCUT2D eigenvalue weighted by molar-refractivity contribution is 6.51. The lowest BCUT2D eigenvalue weighted by Gasteiger charge is -2.26. The number of hydrogen-bond donors (Lipinski definition) is 1. The number of carbonyl (C=O) groups excluding carboxylic acids is 2. The minimum atomic E-state index is -0.891. The van der Waals surface area contributed by atoms with Crippen LogP contribution in [0.15, 0.2) is 66.2 Å². The van der Waals surface area contributed by atoms with E-state index in [2.05, 4.69) is 0 Å². The standard InChI is InChI=1S/C29H28FNO4/c1-16(2)35-23-8-6-7-20(15-23)26-25(27(32)21-10-12-24(30)19(5)13-21)28(33)29(34)31(26)22-11-9-17(3)18(4)14-22/h6-16,26,32H,1-5H3/b27-25+. The molecule has 6 heteroatoms. The van der Waals surface area contributed by atoms with Crippen LogP contribution < -0.4 is 9.64 Å². The van der Waals surface area contributed by atoms with Gasteiger partial charge in [0, 0.05) is 11.3 Å². The number of amides is 1. The average molecular weight is 474 g/mol. The molecule has 0 bridgehead atoms. The number of nitrogens with zero attached hydrogens (tertiary/aromatic N) is 1. The van der Waals surface area contributed by atoms with Gasteiger partial charge in [0.25, 0.3) is 11.7 Å². The number of aliphatic hydroxyl groups excluding tert-OH is 1. The van der Waals surface area contributed by atoms with Crippen molar-refractivity contribution in [3.05, 3.63) is 99.9 Å². The van der Waals surface area contributed by atoms with E-state index in [1.54, 1.807) is 37.3 Å². The molecule has 4 rings (SSSR count). The molecule has 1 amide bonds. The molecule has 1 fully saturated rings. The third kappa shape index (κ3) is 4.56. The predicted molar refractivity (Wildman–Crippen MR) is 134 cm³/mol. The summed E-state index contributed by atoms with van der Waals surface area (Å²) >= 11 is 0. The number of aryl methyl sites for hydroxylation is 3. The van der Waals surface area contributed by atoms with Crippen molar-refractivity contribution in [2.24, 2.45) is 0 Å². The molecule has 0 saturated carbocycles. The van der Waals surface area contributed by atoms with E-state index in [0.717, 1.165) is 11.1 Å². The molecule has 0 radical (unpaired) electrons. The number of rotatable bonds is 5. The van der Waals surface area contributed by atoms with E-state index in [0.29, 0.717) is 22.6 Å². The van der Waals surface area contributed by atoms with Gasteiger partial charge in [-0.2, -0.15) is 0 Å². The van der Waals surface area contributed by atoms with Gasteiger partial charge < -0.3 is 9.84 Å². The number of Topliss-reactive ketones (excluding diaryl/α,β-unsaturated/α-hetero) is 1. The van der Waals surface area contributed by atoms with Crippen molar-refractivity contribution in [2.75, 3.05) is 4.90 Å². The number of hydrogen-bond acceptors (Lipinski definition) is 4. The molecular formula is C29H28FNO4. The second kappa shape index (κ2) is 9.37. The van der Waals surface area contributed by atoms with Crippen molar-refractivity contribution >= 4 is 23.1 Å². The third-order valence-electron chi connectivity index (χ3n) is 6.19. The number of anilines is 1. The first kappa shape index (κ1) is 24.2. The quantitative estimate of drug-likeness (QED) is 0.274. The lowest BCUT2D eigenvalue weighted by molar-refractivity contribution is -0.132. The third-order valence-corrected chi connectivity index (χ3v) is 6.19. The van der Waals surface area contributed by atoms with Gasteiger partial charge in [-0.3, -0.25) is 14.5 Å². The highest BCUT2D eigenvalue weighted by Gasteiger charge is 2.47. The van der Waals surface area contributed by atoms with Gasteiger partial charge in [-0.15, -0.1) is 0 Å². The fourth-order valence-corrected chi connectivity index (χ4v) is 4.27. The molecule has 1 aliphatic heterocycles. The molecule has 3 aromatic carbocycles. The Hall–Kier alpha value is -3.93. The molecule has 1 aliphatic rings. The summed E-state index contributed by atoms with van der Waals surface area (Å²) in [7, 11) is 0. The minimum Gasteiger partial charge on any atom is -0.507 e. The van der Waals surface area contributed by atoms with Crippen LogP contribution in [0, 0.1) is 26.6 Å². The van der Waals surface area contributed by atoms with E-state index >= 15 is 0 Å². The summed E-state index contributed by atoms with van der Waals surface area (Å²) in [5.74, 6) is -1.73. The Morgan fingerprint density at radius 1 is 0.943 bits per heavy atom. The van der Waals surface area contributed by atoms with Gasteiger partial charge in [0.1, 0.15) is 17.3 Å². The zero-order chi connectivity index (χ0) is 25.4. The fourth-order valence-electron chi connectivity index (χ4n) is 4.27. The maximum atomic E-state index is 13.9. The van der Waals surface area contributed by atoms with E-state index in [1.165, 1.54) is 23.1 Å². The van der Waals surface area contributed by atoms with Crippen molar-refractivity contribution in [3.63, 3.8) is 0 Å². The molecule has 1 N–H and O–H groups in total. The van der Waals surface area contributed by atoms with Crippen LogP contribution in [0.5, 0.6) is 5.75 Å². The number of aliphatic hydroxyl groups is 1. The van der Waals surface area contributed by atoms with Gasteiger partial charge in [-0.05, 0) is 99.3 Å². The highest BCUT2D eigenvalue weighted by atomic mass is 19.1. The first-order valence-corrected chi connectivity index (χ1v) is 11.5. The largest absolute Gasteiger partial charge is 0.507 e. The maximum absolute atomic E-state index is 13.9. The van der Waals surface area contributed by atoms with Gasteiger partial charge in [-0.25, -0.2) is 4.39 Å². The second-order valence-corrected chi connectivity index (χ2v) is 9.14. The molecule has 1 heterocycles. The summed E-state index contributed by atoms with van der Waals surface area (Å²) in [5.41, 5.74) is 3.71. The summed E-state index contributed by atoms with van der Waals surface area (Å²) < 4.78 is 19.7. The zero-order valence-corrected chi connectivity index (χ0v) is 20.4. The van der Waals surface area contributed by atoms with E-state index in [-0.39, 0.29) is 23.0 Å². The van der Waals surface area contributed by atoms with Gasteiger partial charge in [-0.1, -0.05) is 18.2 Å². The van der Waals surface area contributed by atoms with Crippen LogP contribution in [0.2, 0.25) is 0 Å². The van der Waals surface area contributed by atoms with Crippen LogP contribution in [0.4, 0.5) is 10.1 Å². The predicted octanol–water partition coefficient (Wildman–Crippen LogP) is 6.16. The van der Waals surface area contributed by atoms with Gasteiger partial charge in [0.2, 0.25) is 0 Å². The van der Waals surface area contributed by atoms with Crippen LogP contribution in [0.25, 0.3) is 5.76 Å². The van der Waals surface area contributed by atoms with Crippen LogP contribution in [-0.2, 0) is 9.59 Å². The first-order valence-electron chi connectivity index (χ1n) is 11.5. The first-order chi connectivity index (χ1) is 16.6. The lowest BCUT2D eigenvalue weighted by Crippen LogP contribution is -2.29. The molecule has 5 nitrogen and oxygen atoms in total. The summed E-state index contributed by atoms with van der Waals surface area (Å²) in [5, 5.41) is 11.3. The zero-order valence-electron chi connectivity index (χ0n) is 20.4. The van der Waals surface area contributed by atoms with Crippen molar-refractivity contribution in [1.29, 1.82) is 0 Å². The van der Waals surface area contributed by atoms with Gasteiger partial charge in [0.05, 0.1) is 17.7 Å². The number of halogens is 1. The normalized spacial score (nSPS) is 17.3. The number of carbonyl (C=O) groups is 2.